The van der Waals surface area contributed by atoms with Crippen molar-refractivity contribution in [2.75, 3.05) is 16.8 Å². The van der Waals surface area contributed by atoms with E-state index in [0.29, 0.717) is 12.2 Å². The predicted octanol–water partition coefficient (Wildman–Crippen LogP) is 4.25. The molecule has 0 bridgehead atoms. The fourth-order valence-electron chi connectivity index (χ4n) is 3.15. The second-order valence-electron chi connectivity index (χ2n) is 5.95. The summed E-state index contributed by atoms with van der Waals surface area (Å²) in [5, 5.41) is 3.43. The van der Waals surface area contributed by atoms with Gasteiger partial charge in [-0.3, -0.25) is 14.7 Å². The molecule has 0 unspecified atom stereocenters. The van der Waals surface area contributed by atoms with Crippen LogP contribution in [0.5, 0.6) is 5.75 Å². The van der Waals surface area contributed by atoms with Crippen LogP contribution in [0.15, 0.2) is 72.9 Å². The lowest BCUT2D eigenvalue weighted by atomic mass is 10.2. The molecule has 2 aromatic carbocycles. The molecule has 0 fully saturated rings. The molecule has 0 spiro atoms. The van der Waals surface area contributed by atoms with Crippen LogP contribution in [0, 0.1) is 0 Å². The fourth-order valence-corrected chi connectivity index (χ4v) is 3.15. The van der Waals surface area contributed by atoms with Crippen LogP contribution < -0.4 is 15.0 Å². The molecule has 0 saturated heterocycles. The van der Waals surface area contributed by atoms with Crippen molar-refractivity contribution in [3.05, 3.63) is 84.2 Å². The van der Waals surface area contributed by atoms with Gasteiger partial charge in [0.15, 0.2) is 6.17 Å². The Hall–Kier alpha value is -3.34. The minimum atomic E-state index is -0.362. The van der Waals surface area contributed by atoms with Gasteiger partial charge in [-0.2, -0.15) is 0 Å². The van der Waals surface area contributed by atoms with Gasteiger partial charge in [0, 0.05) is 17.6 Å². The summed E-state index contributed by atoms with van der Waals surface area (Å²) in [5.41, 5.74) is 3.08. The number of para-hydroxylation sites is 1. The van der Waals surface area contributed by atoms with Crippen LogP contribution in [-0.2, 0) is 0 Å². The Morgan fingerprint density at radius 3 is 2.54 bits per heavy atom. The van der Waals surface area contributed by atoms with Gasteiger partial charge in [0.05, 0.1) is 17.9 Å². The Morgan fingerprint density at radius 1 is 1.04 bits per heavy atom. The van der Waals surface area contributed by atoms with Crippen molar-refractivity contribution in [3.8, 4) is 5.75 Å². The van der Waals surface area contributed by atoms with E-state index in [1.165, 1.54) is 0 Å². The van der Waals surface area contributed by atoms with Gasteiger partial charge < -0.3 is 10.1 Å². The molecular formula is C21H19N3O2. The average Bonchev–Trinajstić information content (AvgIpc) is 2.96. The summed E-state index contributed by atoms with van der Waals surface area (Å²) in [7, 11) is 0. The van der Waals surface area contributed by atoms with E-state index < -0.39 is 0 Å². The number of benzene rings is 2. The lowest BCUT2D eigenvalue weighted by molar-refractivity contribution is 0.0993. The molecule has 1 amide bonds. The first-order chi connectivity index (χ1) is 12.8. The first kappa shape index (κ1) is 16.1. The third-order valence-corrected chi connectivity index (χ3v) is 4.31. The van der Waals surface area contributed by atoms with E-state index >= 15 is 0 Å². The predicted molar refractivity (Wildman–Crippen MR) is 101 cm³/mol. The number of aromatic nitrogens is 1. The van der Waals surface area contributed by atoms with E-state index in [4.69, 9.17) is 4.74 Å². The first-order valence-electron chi connectivity index (χ1n) is 8.61. The van der Waals surface area contributed by atoms with Gasteiger partial charge >= 0.3 is 0 Å². The summed E-state index contributed by atoms with van der Waals surface area (Å²) < 4.78 is 5.49. The summed E-state index contributed by atoms with van der Waals surface area (Å²) in [5.74, 6) is 0.765. The number of fused-ring (bicyclic) bond motifs is 1. The molecule has 0 saturated carbocycles. The third-order valence-electron chi connectivity index (χ3n) is 4.31. The Labute approximate surface area is 152 Å². The number of carbonyl (C=O) groups is 1. The van der Waals surface area contributed by atoms with Crippen LogP contribution in [0.4, 0.5) is 11.4 Å². The molecule has 0 radical (unpaired) electrons. The van der Waals surface area contributed by atoms with Gasteiger partial charge in [0.1, 0.15) is 5.75 Å². The SMILES string of the molecule is CCOc1ccc(N[C@H]2c3ncccc3C(=O)N2c2ccccc2)cc1. The molecule has 0 aliphatic carbocycles. The van der Waals surface area contributed by atoms with E-state index in [1.807, 2.05) is 67.6 Å². The number of hydrogen-bond donors (Lipinski definition) is 1. The maximum absolute atomic E-state index is 13.0. The van der Waals surface area contributed by atoms with E-state index in [9.17, 15) is 4.79 Å². The second-order valence-corrected chi connectivity index (χ2v) is 5.95. The highest BCUT2D eigenvalue weighted by molar-refractivity contribution is 6.11. The molecule has 5 nitrogen and oxygen atoms in total. The van der Waals surface area contributed by atoms with Crippen LogP contribution in [-0.4, -0.2) is 17.5 Å². The summed E-state index contributed by atoms with van der Waals surface area (Å²) in [6, 6.07) is 21.0. The van der Waals surface area contributed by atoms with Crippen LogP contribution in [0.25, 0.3) is 0 Å². The fraction of sp³-hybridized carbons (Fsp3) is 0.143. The van der Waals surface area contributed by atoms with Crippen molar-refractivity contribution < 1.29 is 9.53 Å². The Kier molecular flexibility index (Phi) is 4.27. The highest BCUT2D eigenvalue weighted by Crippen LogP contribution is 2.36. The smallest absolute Gasteiger partial charge is 0.262 e. The maximum Gasteiger partial charge on any atom is 0.262 e. The topological polar surface area (TPSA) is 54.5 Å². The standard InChI is InChI=1S/C21H19N3O2/c1-2-26-17-12-10-15(11-13-17)23-20-19-18(9-6-14-22-19)21(25)24(20)16-7-4-3-5-8-16/h3-14,20,23H,2H2,1H3/t20-/m1/s1. The van der Waals surface area contributed by atoms with Crippen molar-refractivity contribution in [2.45, 2.75) is 13.1 Å². The molecule has 1 aliphatic heterocycles. The molecule has 130 valence electrons. The van der Waals surface area contributed by atoms with Gasteiger partial charge in [0.25, 0.3) is 5.91 Å². The van der Waals surface area contributed by atoms with Crippen LogP contribution in [0.2, 0.25) is 0 Å². The molecule has 1 aromatic heterocycles. The normalized spacial score (nSPS) is 15.7. The largest absolute Gasteiger partial charge is 0.494 e. The molecular weight excluding hydrogens is 326 g/mol. The van der Waals surface area contributed by atoms with Gasteiger partial charge in [-0.15, -0.1) is 0 Å². The van der Waals surface area contributed by atoms with Crippen LogP contribution in [0.3, 0.4) is 0 Å². The van der Waals surface area contributed by atoms with Gasteiger partial charge in [-0.25, -0.2) is 0 Å². The number of nitrogens with one attached hydrogen (secondary N) is 1. The zero-order valence-electron chi connectivity index (χ0n) is 14.4. The molecule has 2 heterocycles. The van der Waals surface area contributed by atoms with Crippen LogP contribution in [0.1, 0.15) is 29.1 Å². The monoisotopic (exact) mass is 345 g/mol. The van der Waals surface area contributed by atoms with Crippen molar-refractivity contribution in [1.82, 2.24) is 4.98 Å². The lowest BCUT2D eigenvalue weighted by Gasteiger charge is -2.26. The zero-order chi connectivity index (χ0) is 17.9. The summed E-state index contributed by atoms with van der Waals surface area (Å²) in [6.45, 7) is 2.58. The van der Waals surface area contributed by atoms with Gasteiger partial charge in [-0.1, -0.05) is 18.2 Å². The number of anilines is 2. The second kappa shape index (κ2) is 6.88. The van der Waals surface area contributed by atoms with Gasteiger partial charge in [0.2, 0.25) is 0 Å². The Balaban J connectivity index is 1.69. The molecule has 5 heteroatoms. The average molecular weight is 345 g/mol. The number of pyridine rings is 1. The van der Waals surface area contributed by atoms with Crippen molar-refractivity contribution in [2.24, 2.45) is 0 Å². The van der Waals surface area contributed by atoms with E-state index in [1.54, 1.807) is 17.2 Å². The highest BCUT2D eigenvalue weighted by Gasteiger charge is 2.38. The van der Waals surface area contributed by atoms with Crippen molar-refractivity contribution in [1.29, 1.82) is 0 Å². The quantitative estimate of drug-likeness (QED) is 0.751. The molecule has 4 rings (SSSR count). The summed E-state index contributed by atoms with van der Waals surface area (Å²) >= 11 is 0. The van der Waals surface area contributed by atoms with E-state index in [-0.39, 0.29) is 12.1 Å². The number of rotatable bonds is 5. The van der Waals surface area contributed by atoms with E-state index in [2.05, 4.69) is 10.3 Å². The molecule has 1 N–H and O–H groups in total. The van der Waals surface area contributed by atoms with E-state index in [0.717, 1.165) is 22.8 Å². The third kappa shape index (κ3) is 2.88. The van der Waals surface area contributed by atoms with Gasteiger partial charge in [-0.05, 0) is 55.5 Å². The highest BCUT2D eigenvalue weighted by atomic mass is 16.5. The Morgan fingerprint density at radius 2 is 1.81 bits per heavy atom. The first-order valence-corrected chi connectivity index (χ1v) is 8.61. The zero-order valence-corrected chi connectivity index (χ0v) is 14.4. The molecule has 1 aliphatic rings. The number of amides is 1. The number of nitrogens with zero attached hydrogens (tertiary/aromatic N) is 2. The lowest BCUT2D eigenvalue weighted by Crippen LogP contribution is -2.32. The minimum absolute atomic E-state index is 0.0530. The van der Waals surface area contributed by atoms with Crippen molar-refractivity contribution in [3.63, 3.8) is 0 Å². The number of carbonyl (C=O) groups excluding carboxylic acids is 1. The van der Waals surface area contributed by atoms with Crippen LogP contribution >= 0.6 is 0 Å². The maximum atomic E-state index is 13.0. The Bertz CT molecular complexity index is 910. The molecule has 26 heavy (non-hydrogen) atoms. The molecule has 3 aromatic rings. The summed E-state index contributed by atoms with van der Waals surface area (Å²) in [6.07, 6.45) is 1.35. The summed E-state index contributed by atoms with van der Waals surface area (Å²) in [4.78, 5) is 19.2. The van der Waals surface area contributed by atoms with Crippen molar-refractivity contribution >= 4 is 17.3 Å². The minimum Gasteiger partial charge on any atom is -0.494 e. The number of hydrogen-bond acceptors (Lipinski definition) is 4. The molecule has 1 atom stereocenters. The number of ether oxygens (including phenoxy) is 1.